The van der Waals surface area contributed by atoms with Crippen LogP contribution >= 0.6 is 11.6 Å². The van der Waals surface area contributed by atoms with Gasteiger partial charge < -0.3 is 10.1 Å². The van der Waals surface area contributed by atoms with Gasteiger partial charge in [0.1, 0.15) is 11.9 Å². The Morgan fingerprint density at radius 2 is 1.74 bits per heavy atom. The smallest absolute Gasteiger partial charge is 0.138 e. The summed E-state index contributed by atoms with van der Waals surface area (Å²) in [4.78, 5) is 0. The molecule has 0 saturated carbocycles. The first-order valence-electron chi connectivity index (χ1n) is 6.41. The molecule has 1 N–H and O–H groups in total. The summed E-state index contributed by atoms with van der Waals surface area (Å²) in [7, 11) is 0. The van der Waals surface area contributed by atoms with Gasteiger partial charge in [0.25, 0.3) is 0 Å². The number of nitrogens with one attached hydrogen (secondary N) is 1. The van der Waals surface area contributed by atoms with E-state index in [1.165, 1.54) is 5.56 Å². The van der Waals surface area contributed by atoms with E-state index in [1.54, 1.807) is 0 Å². The highest BCUT2D eigenvalue weighted by molar-refractivity contribution is 6.32. The molecule has 0 heterocycles. The molecule has 2 rings (SSSR count). The second-order valence-corrected chi connectivity index (χ2v) is 4.88. The summed E-state index contributed by atoms with van der Waals surface area (Å²) in [6.45, 7) is 3.65. The first kappa shape index (κ1) is 13.9. The molecule has 0 radical (unpaired) electrons. The lowest BCUT2D eigenvalue weighted by Gasteiger charge is -2.16. The molecular weight excluding hydrogens is 258 g/mol. The monoisotopic (exact) mass is 275 g/mol. The fourth-order valence-electron chi connectivity index (χ4n) is 1.81. The minimum Gasteiger partial charge on any atom is -0.488 e. The first-order chi connectivity index (χ1) is 9.25. The van der Waals surface area contributed by atoms with E-state index >= 15 is 0 Å². The SMILES string of the molecule is CC(CNCc1ccccc1)Oc1ccccc1Cl. The molecule has 1 atom stereocenters. The lowest BCUT2D eigenvalue weighted by atomic mass is 10.2. The summed E-state index contributed by atoms with van der Waals surface area (Å²) in [6, 6.07) is 17.9. The molecule has 0 aliphatic rings. The predicted molar refractivity (Wildman–Crippen MR) is 79.7 cm³/mol. The van der Waals surface area contributed by atoms with Gasteiger partial charge in [-0.25, -0.2) is 0 Å². The normalized spacial score (nSPS) is 12.1. The molecule has 3 heteroatoms. The van der Waals surface area contributed by atoms with Crippen LogP contribution in [0, 0.1) is 0 Å². The largest absolute Gasteiger partial charge is 0.488 e. The van der Waals surface area contributed by atoms with Crippen molar-refractivity contribution in [2.75, 3.05) is 6.54 Å². The highest BCUT2D eigenvalue weighted by Crippen LogP contribution is 2.23. The van der Waals surface area contributed by atoms with Gasteiger partial charge in [-0.15, -0.1) is 0 Å². The van der Waals surface area contributed by atoms with E-state index in [0.29, 0.717) is 5.02 Å². The Balaban J connectivity index is 1.76. The molecule has 1 unspecified atom stereocenters. The van der Waals surface area contributed by atoms with Crippen LogP contribution in [0.4, 0.5) is 0 Å². The quantitative estimate of drug-likeness (QED) is 0.863. The standard InChI is InChI=1S/C16H18ClNO/c1-13(19-16-10-6-5-9-15(16)17)11-18-12-14-7-3-2-4-8-14/h2-10,13,18H,11-12H2,1H3. The highest BCUT2D eigenvalue weighted by Gasteiger charge is 2.06. The van der Waals surface area contributed by atoms with Gasteiger partial charge in [-0.05, 0) is 24.6 Å². The van der Waals surface area contributed by atoms with Crippen molar-refractivity contribution < 1.29 is 4.74 Å². The molecule has 2 nitrogen and oxygen atoms in total. The van der Waals surface area contributed by atoms with Gasteiger partial charge in [-0.1, -0.05) is 54.1 Å². The van der Waals surface area contributed by atoms with Gasteiger partial charge in [0.05, 0.1) is 5.02 Å². The minimum atomic E-state index is 0.0728. The summed E-state index contributed by atoms with van der Waals surface area (Å²) in [5, 5.41) is 4.02. The number of hydrogen-bond acceptors (Lipinski definition) is 2. The summed E-state index contributed by atoms with van der Waals surface area (Å²) in [6.07, 6.45) is 0.0728. The Kier molecular flexibility index (Phi) is 5.25. The number of ether oxygens (including phenoxy) is 1. The number of rotatable bonds is 6. The van der Waals surface area contributed by atoms with Crippen LogP contribution < -0.4 is 10.1 Å². The third-order valence-corrected chi connectivity index (χ3v) is 3.08. The van der Waals surface area contributed by atoms with Crippen LogP contribution in [0.25, 0.3) is 0 Å². The van der Waals surface area contributed by atoms with Crippen LogP contribution in [0.5, 0.6) is 5.75 Å². The molecule has 0 spiro atoms. The van der Waals surface area contributed by atoms with Gasteiger partial charge in [-0.3, -0.25) is 0 Å². The third-order valence-electron chi connectivity index (χ3n) is 2.77. The Morgan fingerprint density at radius 3 is 2.47 bits per heavy atom. The second kappa shape index (κ2) is 7.17. The van der Waals surface area contributed by atoms with Crippen molar-refractivity contribution in [2.45, 2.75) is 19.6 Å². The molecule has 0 bridgehead atoms. The van der Waals surface area contributed by atoms with Crippen molar-refractivity contribution in [2.24, 2.45) is 0 Å². The minimum absolute atomic E-state index is 0.0728. The van der Waals surface area contributed by atoms with E-state index in [-0.39, 0.29) is 6.10 Å². The number of para-hydroxylation sites is 1. The molecule has 0 fully saturated rings. The van der Waals surface area contributed by atoms with Crippen molar-refractivity contribution in [3.05, 3.63) is 65.2 Å². The maximum Gasteiger partial charge on any atom is 0.138 e. The van der Waals surface area contributed by atoms with Gasteiger partial charge in [0, 0.05) is 13.1 Å². The molecule has 0 aromatic heterocycles. The fraction of sp³-hybridized carbons (Fsp3) is 0.250. The average molecular weight is 276 g/mol. The van der Waals surface area contributed by atoms with Gasteiger partial charge in [0.15, 0.2) is 0 Å². The molecule has 19 heavy (non-hydrogen) atoms. The summed E-state index contributed by atoms with van der Waals surface area (Å²) in [5.74, 6) is 0.734. The van der Waals surface area contributed by atoms with Crippen LogP contribution in [-0.2, 0) is 6.54 Å². The van der Waals surface area contributed by atoms with Crippen LogP contribution in [0.15, 0.2) is 54.6 Å². The Morgan fingerprint density at radius 1 is 1.05 bits per heavy atom. The van der Waals surface area contributed by atoms with Crippen molar-refractivity contribution >= 4 is 11.6 Å². The number of hydrogen-bond donors (Lipinski definition) is 1. The number of halogens is 1. The van der Waals surface area contributed by atoms with Gasteiger partial charge >= 0.3 is 0 Å². The molecule has 0 saturated heterocycles. The van der Waals surface area contributed by atoms with E-state index < -0.39 is 0 Å². The van der Waals surface area contributed by atoms with E-state index in [9.17, 15) is 0 Å². The summed E-state index contributed by atoms with van der Waals surface area (Å²) in [5.41, 5.74) is 1.27. The lowest BCUT2D eigenvalue weighted by molar-refractivity contribution is 0.217. The van der Waals surface area contributed by atoms with Gasteiger partial charge in [0.2, 0.25) is 0 Å². The Labute approximate surface area is 119 Å². The van der Waals surface area contributed by atoms with E-state index in [0.717, 1.165) is 18.8 Å². The van der Waals surface area contributed by atoms with Crippen molar-refractivity contribution in [1.82, 2.24) is 5.32 Å². The van der Waals surface area contributed by atoms with Crippen molar-refractivity contribution in [3.8, 4) is 5.75 Å². The zero-order valence-electron chi connectivity index (χ0n) is 11.0. The van der Waals surface area contributed by atoms with Crippen LogP contribution in [0.2, 0.25) is 5.02 Å². The lowest BCUT2D eigenvalue weighted by Crippen LogP contribution is -2.28. The third kappa shape index (κ3) is 4.58. The van der Waals surface area contributed by atoms with E-state index in [4.69, 9.17) is 16.3 Å². The fourth-order valence-corrected chi connectivity index (χ4v) is 1.99. The highest BCUT2D eigenvalue weighted by atomic mass is 35.5. The predicted octanol–water partition coefficient (Wildman–Crippen LogP) is 3.90. The van der Waals surface area contributed by atoms with Gasteiger partial charge in [-0.2, -0.15) is 0 Å². The number of benzene rings is 2. The zero-order valence-corrected chi connectivity index (χ0v) is 11.7. The topological polar surface area (TPSA) is 21.3 Å². The van der Waals surface area contributed by atoms with Crippen LogP contribution in [0.1, 0.15) is 12.5 Å². The van der Waals surface area contributed by atoms with E-state index in [1.807, 2.05) is 49.4 Å². The molecule has 2 aromatic rings. The Bertz CT molecular complexity index is 501. The molecular formula is C16H18ClNO. The first-order valence-corrected chi connectivity index (χ1v) is 6.79. The molecule has 100 valence electrons. The summed E-state index contributed by atoms with van der Waals surface area (Å²) < 4.78 is 5.79. The second-order valence-electron chi connectivity index (χ2n) is 4.48. The molecule has 2 aromatic carbocycles. The molecule has 0 amide bonds. The van der Waals surface area contributed by atoms with Crippen LogP contribution in [-0.4, -0.2) is 12.6 Å². The Hall–Kier alpha value is -1.51. The van der Waals surface area contributed by atoms with Crippen molar-refractivity contribution in [3.63, 3.8) is 0 Å². The maximum absolute atomic E-state index is 6.05. The maximum atomic E-state index is 6.05. The van der Waals surface area contributed by atoms with E-state index in [2.05, 4.69) is 17.4 Å². The average Bonchev–Trinajstić information content (AvgIpc) is 2.43. The van der Waals surface area contributed by atoms with Crippen LogP contribution in [0.3, 0.4) is 0 Å². The van der Waals surface area contributed by atoms with Crippen molar-refractivity contribution in [1.29, 1.82) is 0 Å². The molecule has 0 aliphatic heterocycles. The molecule has 0 aliphatic carbocycles. The zero-order chi connectivity index (χ0) is 13.5. The summed E-state index contributed by atoms with van der Waals surface area (Å²) >= 11 is 6.05.